The number of anilines is 2. The van der Waals surface area contributed by atoms with Crippen LogP contribution in [0.15, 0.2) is 48.5 Å². The Bertz CT molecular complexity index is 752. The third-order valence-electron chi connectivity index (χ3n) is 3.56. The lowest BCUT2D eigenvalue weighted by Crippen LogP contribution is -2.25. The van der Waals surface area contributed by atoms with Gasteiger partial charge in [-0.15, -0.1) is 11.8 Å². The first-order chi connectivity index (χ1) is 12.5. The van der Waals surface area contributed by atoms with Crippen molar-refractivity contribution in [1.82, 2.24) is 0 Å². The molecular weight excluding hydrogens is 352 g/mol. The fourth-order valence-electron chi connectivity index (χ4n) is 2.14. The topological polar surface area (TPSA) is 76.7 Å². The fraction of sp³-hybridized carbons (Fsp3) is 0.263. The van der Waals surface area contributed by atoms with Crippen molar-refractivity contribution in [2.24, 2.45) is 0 Å². The van der Waals surface area contributed by atoms with Gasteiger partial charge in [0.1, 0.15) is 11.5 Å². The van der Waals surface area contributed by atoms with Gasteiger partial charge in [0.2, 0.25) is 11.8 Å². The Balaban J connectivity index is 1.88. The Hall–Kier alpha value is -2.67. The van der Waals surface area contributed by atoms with Crippen molar-refractivity contribution >= 4 is 35.0 Å². The third-order valence-corrected chi connectivity index (χ3v) is 4.70. The van der Waals surface area contributed by atoms with Crippen LogP contribution in [-0.4, -0.2) is 37.0 Å². The van der Waals surface area contributed by atoms with E-state index in [-0.39, 0.29) is 17.6 Å². The molecule has 0 radical (unpaired) electrons. The molecule has 2 aromatic rings. The molecule has 7 heteroatoms. The van der Waals surface area contributed by atoms with Crippen molar-refractivity contribution in [3.63, 3.8) is 0 Å². The monoisotopic (exact) mass is 374 g/mol. The zero-order chi connectivity index (χ0) is 18.9. The minimum Gasteiger partial charge on any atom is -0.497 e. The van der Waals surface area contributed by atoms with E-state index in [2.05, 4.69) is 10.6 Å². The number of carbonyl (C=O) groups is 2. The molecule has 0 aromatic heterocycles. The quantitative estimate of drug-likeness (QED) is 0.741. The highest BCUT2D eigenvalue weighted by Gasteiger charge is 2.17. The fourth-order valence-corrected chi connectivity index (χ4v) is 2.82. The van der Waals surface area contributed by atoms with Gasteiger partial charge in [-0.2, -0.15) is 0 Å². The number of methoxy groups -OCH3 is 2. The van der Waals surface area contributed by atoms with Crippen LogP contribution in [0.4, 0.5) is 11.4 Å². The van der Waals surface area contributed by atoms with Gasteiger partial charge in [-0.05, 0) is 31.2 Å². The van der Waals surface area contributed by atoms with Crippen molar-refractivity contribution in [2.75, 3.05) is 30.6 Å². The maximum Gasteiger partial charge on any atom is 0.237 e. The molecule has 2 aromatic carbocycles. The normalized spacial score (nSPS) is 11.3. The third kappa shape index (κ3) is 5.70. The van der Waals surface area contributed by atoms with E-state index in [1.165, 1.54) is 18.9 Å². The first-order valence-electron chi connectivity index (χ1n) is 8.03. The number of rotatable bonds is 8. The average Bonchev–Trinajstić information content (AvgIpc) is 2.66. The van der Waals surface area contributed by atoms with Gasteiger partial charge in [-0.25, -0.2) is 0 Å². The predicted molar refractivity (Wildman–Crippen MR) is 105 cm³/mol. The highest BCUT2D eigenvalue weighted by Crippen LogP contribution is 2.29. The number of carbonyl (C=O) groups excluding carboxylic acids is 2. The van der Waals surface area contributed by atoms with Crippen molar-refractivity contribution in [3.8, 4) is 11.5 Å². The Kier molecular flexibility index (Phi) is 7.35. The summed E-state index contributed by atoms with van der Waals surface area (Å²) in [5.74, 6) is 0.967. The Morgan fingerprint density at radius 3 is 2.42 bits per heavy atom. The Labute approximate surface area is 157 Å². The van der Waals surface area contributed by atoms with Crippen LogP contribution in [0.3, 0.4) is 0 Å². The molecule has 0 heterocycles. The zero-order valence-electron chi connectivity index (χ0n) is 14.9. The molecule has 0 aliphatic heterocycles. The van der Waals surface area contributed by atoms with E-state index in [1.807, 2.05) is 30.3 Å². The number of ether oxygens (including phenoxy) is 2. The number of thioether (sulfide) groups is 1. The molecule has 0 spiro atoms. The van der Waals surface area contributed by atoms with Gasteiger partial charge in [0.05, 0.1) is 30.9 Å². The zero-order valence-corrected chi connectivity index (χ0v) is 15.8. The summed E-state index contributed by atoms with van der Waals surface area (Å²) in [6.45, 7) is 1.75. The number of hydrogen-bond acceptors (Lipinski definition) is 5. The summed E-state index contributed by atoms with van der Waals surface area (Å²) in [6, 6.07) is 14.4. The van der Waals surface area contributed by atoms with Gasteiger partial charge in [-0.1, -0.05) is 18.2 Å². The van der Waals surface area contributed by atoms with E-state index in [9.17, 15) is 9.59 Å². The molecule has 0 bridgehead atoms. The molecule has 1 unspecified atom stereocenters. The molecule has 0 fully saturated rings. The van der Waals surface area contributed by atoms with Crippen LogP contribution in [0, 0.1) is 0 Å². The summed E-state index contributed by atoms with van der Waals surface area (Å²) >= 11 is 1.26. The number of benzene rings is 2. The van der Waals surface area contributed by atoms with Crippen LogP contribution in [0.2, 0.25) is 0 Å². The van der Waals surface area contributed by atoms with E-state index < -0.39 is 5.25 Å². The molecule has 2 rings (SSSR count). The maximum absolute atomic E-state index is 12.4. The van der Waals surface area contributed by atoms with Crippen LogP contribution >= 0.6 is 11.8 Å². The lowest BCUT2D eigenvalue weighted by atomic mass is 10.2. The van der Waals surface area contributed by atoms with Crippen molar-refractivity contribution in [3.05, 3.63) is 48.5 Å². The highest BCUT2D eigenvalue weighted by atomic mass is 32.2. The molecule has 0 aliphatic rings. The molecule has 0 saturated carbocycles. The van der Waals surface area contributed by atoms with Gasteiger partial charge >= 0.3 is 0 Å². The second-order valence-electron chi connectivity index (χ2n) is 5.42. The summed E-state index contributed by atoms with van der Waals surface area (Å²) in [5, 5.41) is 5.19. The van der Waals surface area contributed by atoms with Crippen LogP contribution in [-0.2, 0) is 9.59 Å². The lowest BCUT2D eigenvalue weighted by molar-refractivity contribution is -0.115. The number of amides is 2. The summed E-state index contributed by atoms with van der Waals surface area (Å²) < 4.78 is 10.4. The molecule has 26 heavy (non-hydrogen) atoms. The molecule has 1 atom stereocenters. The van der Waals surface area contributed by atoms with E-state index in [0.29, 0.717) is 17.2 Å². The SMILES string of the molecule is COc1ccc(OC)c(NC(=O)C(C)SCC(=O)Nc2ccccc2)c1. The van der Waals surface area contributed by atoms with Gasteiger partial charge in [-0.3, -0.25) is 9.59 Å². The molecule has 0 saturated heterocycles. The Morgan fingerprint density at radius 1 is 1.04 bits per heavy atom. The van der Waals surface area contributed by atoms with Crippen molar-refractivity contribution in [2.45, 2.75) is 12.2 Å². The van der Waals surface area contributed by atoms with Crippen molar-refractivity contribution in [1.29, 1.82) is 0 Å². The predicted octanol–water partition coefficient (Wildman–Crippen LogP) is 3.40. The number of para-hydroxylation sites is 1. The van der Waals surface area contributed by atoms with Gasteiger partial charge in [0, 0.05) is 11.8 Å². The van der Waals surface area contributed by atoms with E-state index in [0.717, 1.165) is 5.69 Å². The van der Waals surface area contributed by atoms with Gasteiger partial charge in [0.25, 0.3) is 0 Å². The summed E-state index contributed by atoms with van der Waals surface area (Å²) in [7, 11) is 3.08. The molecule has 0 aliphatic carbocycles. The maximum atomic E-state index is 12.4. The van der Waals surface area contributed by atoms with Crippen LogP contribution in [0.1, 0.15) is 6.92 Å². The summed E-state index contributed by atoms with van der Waals surface area (Å²) in [5.41, 5.74) is 1.26. The van der Waals surface area contributed by atoms with E-state index >= 15 is 0 Å². The first kappa shape index (κ1) is 19.7. The van der Waals surface area contributed by atoms with Gasteiger partial charge in [0.15, 0.2) is 0 Å². The molecule has 2 N–H and O–H groups in total. The molecular formula is C19H22N2O4S. The highest BCUT2D eigenvalue weighted by molar-refractivity contribution is 8.01. The number of nitrogens with one attached hydrogen (secondary N) is 2. The molecule has 138 valence electrons. The minimum absolute atomic E-state index is 0.153. The number of hydrogen-bond donors (Lipinski definition) is 2. The van der Waals surface area contributed by atoms with Crippen LogP contribution < -0.4 is 20.1 Å². The van der Waals surface area contributed by atoms with Crippen molar-refractivity contribution < 1.29 is 19.1 Å². The van der Waals surface area contributed by atoms with Gasteiger partial charge < -0.3 is 20.1 Å². The van der Waals surface area contributed by atoms with E-state index in [4.69, 9.17) is 9.47 Å². The van der Waals surface area contributed by atoms with E-state index in [1.54, 1.807) is 32.2 Å². The largest absolute Gasteiger partial charge is 0.497 e. The average molecular weight is 374 g/mol. The minimum atomic E-state index is -0.410. The standard InChI is InChI=1S/C19H22N2O4S/c1-13(26-12-18(22)20-14-7-5-4-6-8-14)19(23)21-16-11-15(24-2)9-10-17(16)25-3/h4-11,13H,12H2,1-3H3,(H,20,22)(H,21,23). The molecule has 6 nitrogen and oxygen atoms in total. The molecule has 2 amide bonds. The second kappa shape index (κ2) is 9.72. The summed E-state index contributed by atoms with van der Waals surface area (Å²) in [4.78, 5) is 24.4. The smallest absolute Gasteiger partial charge is 0.237 e. The lowest BCUT2D eigenvalue weighted by Gasteiger charge is -2.15. The van der Waals surface area contributed by atoms with Crippen LogP contribution in [0.5, 0.6) is 11.5 Å². The Morgan fingerprint density at radius 2 is 1.77 bits per heavy atom. The first-order valence-corrected chi connectivity index (χ1v) is 9.07. The second-order valence-corrected chi connectivity index (χ2v) is 6.75. The summed E-state index contributed by atoms with van der Waals surface area (Å²) in [6.07, 6.45) is 0. The van der Waals surface area contributed by atoms with Crippen LogP contribution in [0.25, 0.3) is 0 Å².